The van der Waals surface area contributed by atoms with Crippen LogP contribution in [-0.2, 0) is 6.54 Å². The van der Waals surface area contributed by atoms with Gasteiger partial charge in [-0.25, -0.2) is 4.79 Å². The molecule has 21 heavy (non-hydrogen) atoms. The molecule has 2 aromatic rings. The van der Waals surface area contributed by atoms with Crippen molar-refractivity contribution in [2.24, 2.45) is 0 Å². The van der Waals surface area contributed by atoms with Gasteiger partial charge in [-0.05, 0) is 37.9 Å². The molecule has 1 fully saturated rings. The smallest absolute Gasteiger partial charge is 0.302 e. The summed E-state index contributed by atoms with van der Waals surface area (Å²) < 4.78 is 3.76. The van der Waals surface area contributed by atoms with Crippen molar-refractivity contribution >= 4 is 11.0 Å². The molecule has 1 aromatic carbocycles. The minimum atomic E-state index is -0.163. The van der Waals surface area contributed by atoms with Crippen LogP contribution >= 0.6 is 0 Å². The van der Waals surface area contributed by atoms with Crippen molar-refractivity contribution in [1.29, 1.82) is 5.26 Å². The maximum absolute atomic E-state index is 12.8. The lowest BCUT2D eigenvalue weighted by Crippen LogP contribution is -2.40. The number of aromatic nitrogens is 2. The first kappa shape index (κ1) is 13.9. The Hall–Kier alpha value is -2.06. The van der Waals surface area contributed by atoms with E-state index in [9.17, 15) is 4.79 Å². The van der Waals surface area contributed by atoms with Crippen molar-refractivity contribution in [3.05, 3.63) is 34.7 Å². The third kappa shape index (κ3) is 2.36. The number of rotatable bonds is 3. The second-order valence-electron chi connectivity index (χ2n) is 5.61. The lowest BCUT2D eigenvalue weighted by molar-refractivity contribution is 0.332. The third-order valence-electron chi connectivity index (χ3n) is 4.21. The zero-order valence-electron chi connectivity index (χ0n) is 12.2. The molecule has 1 aromatic heterocycles. The minimum Gasteiger partial charge on any atom is -0.302 e. The summed E-state index contributed by atoms with van der Waals surface area (Å²) in [5.74, 6) is 0. The Labute approximate surface area is 123 Å². The second-order valence-corrected chi connectivity index (χ2v) is 5.61. The van der Waals surface area contributed by atoms with Crippen LogP contribution in [0.2, 0.25) is 0 Å². The SMILES string of the molecule is CCCn1c(=O)n([C@@H]2CCN[C@@H](C#N)C2)c2ccccc21. The molecule has 0 aliphatic carbocycles. The number of nitrogens with one attached hydrogen (secondary N) is 1. The topological polar surface area (TPSA) is 62.8 Å². The predicted molar refractivity (Wildman–Crippen MR) is 82.2 cm³/mol. The molecular weight excluding hydrogens is 264 g/mol. The zero-order valence-corrected chi connectivity index (χ0v) is 12.2. The highest BCUT2D eigenvalue weighted by Crippen LogP contribution is 2.25. The number of imidazole rings is 1. The van der Waals surface area contributed by atoms with Crippen LogP contribution in [0.5, 0.6) is 0 Å². The lowest BCUT2D eigenvalue weighted by atomic mass is 10.00. The van der Waals surface area contributed by atoms with Gasteiger partial charge in [-0.1, -0.05) is 19.1 Å². The van der Waals surface area contributed by atoms with Gasteiger partial charge in [-0.15, -0.1) is 0 Å². The summed E-state index contributed by atoms with van der Waals surface area (Å²) in [6, 6.07) is 10.2. The summed E-state index contributed by atoms with van der Waals surface area (Å²) in [5.41, 5.74) is 2.04. The molecule has 0 amide bonds. The van der Waals surface area contributed by atoms with E-state index in [-0.39, 0.29) is 17.8 Å². The van der Waals surface area contributed by atoms with E-state index < -0.39 is 0 Å². The highest BCUT2D eigenvalue weighted by atomic mass is 16.1. The normalized spacial score (nSPS) is 22.3. The monoisotopic (exact) mass is 284 g/mol. The number of piperidine rings is 1. The van der Waals surface area contributed by atoms with Gasteiger partial charge in [0.15, 0.2) is 0 Å². The predicted octanol–water partition coefficient (Wildman–Crippen LogP) is 2.03. The average Bonchev–Trinajstić information content (AvgIpc) is 2.80. The van der Waals surface area contributed by atoms with Crippen LogP contribution < -0.4 is 11.0 Å². The fourth-order valence-corrected chi connectivity index (χ4v) is 3.26. The van der Waals surface area contributed by atoms with Crippen LogP contribution in [0.1, 0.15) is 32.2 Å². The van der Waals surface area contributed by atoms with Gasteiger partial charge in [0.05, 0.1) is 23.1 Å². The molecule has 0 unspecified atom stereocenters. The molecule has 2 heterocycles. The number of benzene rings is 1. The molecule has 1 N–H and O–H groups in total. The molecule has 5 nitrogen and oxygen atoms in total. The minimum absolute atomic E-state index is 0.0571. The van der Waals surface area contributed by atoms with Gasteiger partial charge >= 0.3 is 5.69 Å². The summed E-state index contributed by atoms with van der Waals surface area (Å²) in [5, 5.41) is 12.3. The Bertz CT molecular complexity index is 737. The highest BCUT2D eigenvalue weighted by molar-refractivity contribution is 5.76. The molecule has 1 aliphatic rings. The summed E-state index contributed by atoms with van der Waals surface area (Å²) >= 11 is 0. The van der Waals surface area contributed by atoms with Crippen LogP contribution in [0.4, 0.5) is 0 Å². The van der Waals surface area contributed by atoms with Gasteiger partial charge in [0.1, 0.15) is 0 Å². The van der Waals surface area contributed by atoms with Gasteiger partial charge in [0.25, 0.3) is 0 Å². The summed E-state index contributed by atoms with van der Waals surface area (Å²) in [6.07, 6.45) is 2.51. The molecule has 0 bridgehead atoms. The first-order valence-electron chi connectivity index (χ1n) is 7.59. The third-order valence-corrected chi connectivity index (χ3v) is 4.21. The number of aryl methyl sites for hydroxylation is 1. The van der Waals surface area contributed by atoms with Gasteiger partial charge < -0.3 is 5.32 Å². The molecule has 1 aliphatic heterocycles. The summed E-state index contributed by atoms with van der Waals surface area (Å²) in [7, 11) is 0. The zero-order chi connectivity index (χ0) is 14.8. The number of hydrogen-bond donors (Lipinski definition) is 1. The van der Waals surface area contributed by atoms with Crippen LogP contribution in [0.25, 0.3) is 11.0 Å². The lowest BCUT2D eigenvalue weighted by Gasteiger charge is -2.27. The molecule has 5 heteroatoms. The molecule has 110 valence electrons. The van der Waals surface area contributed by atoms with Crippen LogP contribution in [-0.4, -0.2) is 21.7 Å². The summed E-state index contributed by atoms with van der Waals surface area (Å²) in [4.78, 5) is 12.8. The van der Waals surface area contributed by atoms with E-state index >= 15 is 0 Å². The number of nitriles is 1. The number of fused-ring (bicyclic) bond motifs is 1. The van der Waals surface area contributed by atoms with Gasteiger partial charge in [0.2, 0.25) is 0 Å². The summed E-state index contributed by atoms with van der Waals surface area (Å²) in [6.45, 7) is 3.59. The van der Waals surface area contributed by atoms with E-state index in [0.717, 1.165) is 37.0 Å². The van der Waals surface area contributed by atoms with E-state index in [1.54, 1.807) is 0 Å². The van der Waals surface area contributed by atoms with Crippen molar-refractivity contribution in [1.82, 2.24) is 14.5 Å². The molecule has 0 saturated carbocycles. The number of para-hydroxylation sites is 2. The van der Waals surface area contributed by atoms with E-state index in [1.807, 2.05) is 33.4 Å². The maximum Gasteiger partial charge on any atom is 0.329 e. The molecule has 0 radical (unpaired) electrons. The fourth-order valence-electron chi connectivity index (χ4n) is 3.26. The van der Waals surface area contributed by atoms with Gasteiger partial charge in [-0.3, -0.25) is 9.13 Å². The molecule has 0 spiro atoms. The number of hydrogen-bond acceptors (Lipinski definition) is 3. The molecule has 1 saturated heterocycles. The molecule has 3 rings (SSSR count). The van der Waals surface area contributed by atoms with Crippen molar-refractivity contribution in [3.8, 4) is 6.07 Å². The van der Waals surface area contributed by atoms with Crippen LogP contribution in [0, 0.1) is 11.3 Å². The van der Waals surface area contributed by atoms with E-state index in [4.69, 9.17) is 5.26 Å². The van der Waals surface area contributed by atoms with Crippen LogP contribution in [0.15, 0.2) is 29.1 Å². The Balaban J connectivity index is 2.12. The van der Waals surface area contributed by atoms with Crippen molar-refractivity contribution in [2.75, 3.05) is 6.54 Å². The fraction of sp³-hybridized carbons (Fsp3) is 0.500. The maximum atomic E-state index is 12.8. The quantitative estimate of drug-likeness (QED) is 0.938. The van der Waals surface area contributed by atoms with Gasteiger partial charge in [0, 0.05) is 12.6 Å². The Morgan fingerprint density at radius 1 is 1.38 bits per heavy atom. The largest absolute Gasteiger partial charge is 0.329 e. The Morgan fingerprint density at radius 3 is 2.86 bits per heavy atom. The first-order chi connectivity index (χ1) is 10.3. The van der Waals surface area contributed by atoms with E-state index in [2.05, 4.69) is 18.3 Å². The van der Waals surface area contributed by atoms with Crippen molar-refractivity contribution < 1.29 is 0 Å². The molecule has 2 atom stereocenters. The van der Waals surface area contributed by atoms with Crippen molar-refractivity contribution in [3.63, 3.8) is 0 Å². The first-order valence-corrected chi connectivity index (χ1v) is 7.59. The van der Waals surface area contributed by atoms with Crippen LogP contribution in [0.3, 0.4) is 0 Å². The van der Waals surface area contributed by atoms with E-state index in [0.29, 0.717) is 6.42 Å². The number of nitrogens with zero attached hydrogens (tertiary/aromatic N) is 3. The Kier molecular flexibility index (Phi) is 3.80. The average molecular weight is 284 g/mol. The van der Waals surface area contributed by atoms with Gasteiger partial charge in [-0.2, -0.15) is 5.26 Å². The second kappa shape index (κ2) is 5.74. The molecular formula is C16H20N4O. The highest BCUT2D eigenvalue weighted by Gasteiger charge is 2.26. The standard InChI is InChI=1S/C16H20N4O/c1-2-9-19-14-5-3-4-6-15(14)20(16(19)21)13-7-8-18-12(10-13)11-17/h3-6,12-13,18H,2,7-10H2,1H3/t12-,13-/m1/s1. The van der Waals surface area contributed by atoms with Crippen molar-refractivity contribution in [2.45, 2.75) is 44.8 Å². The Morgan fingerprint density at radius 2 is 2.14 bits per heavy atom. The van der Waals surface area contributed by atoms with E-state index in [1.165, 1.54) is 0 Å².